The monoisotopic (exact) mass is 320 g/mol. The number of nitrogens with zero attached hydrogens (tertiary/aromatic N) is 3. The zero-order valence-corrected chi connectivity index (χ0v) is 14.1. The lowest BCUT2D eigenvalue weighted by Crippen LogP contribution is -2.17. The van der Waals surface area contributed by atoms with E-state index in [1.54, 1.807) is 6.20 Å². The first-order valence-electron chi connectivity index (χ1n) is 8.30. The fourth-order valence-corrected chi connectivity index (χ4v) is 2.91. The molecular weight excluding hydrogens is 296 g/mol. The van der Waals surface area contributed by atoms with E-state index in [2.05, 4.69) is 65.6 Å². The summed E-state index contributed by atoms with van der Waals surface area (Å²) >= 11 is 0. The van der Waals surface area contributed by atoms with E-state index in [4.69, 9.17) is 5.73 Å². The molecule has 1 heterocycles. The summed E-state index contributed by atoms with van der Waals surface area (Å²) in [5.74, 6) is 0. The van der Waals surface area contributed by atoms with E-state index in [1.807, 2.05) is 16.9 Å². The normalized spacial score (nSPS) is 11.1. The van der Waals surface area contributed by atoms with Gasteiger partial charge in [-0.1, -0.05) is 36.4 Å². The minimum absolute atomic E-state index is 0.696. The lowest BCUT2D eigenvalue weighted by molar-refractivity contribution is 0.319. The van der Waals surface area contributed by atoms with Crippen molar-refractivity contribution in [1.82, 2.24) is 14.7 Å². The van der Waals surface area contributed by atoms with Gasteiger partial charge < -0.3 is 5.73 Å². The van der Waals surface area contributed by atoms with Crippen molar-refractivity contribution >= 4 is 0 Å². The summed E-state index contributed by atoms with van der Waals surface area (Å²) in [5.41, 5.74) is 10.7. The van der Waals surface area contributed by atoms with Gasteiger partial charge in [-0.25, -0.2) is 4.68 Å². The summed E-state index contributed by atoms with van der Waals surface area (Å²) in [5, 5.41) is 4.25. The number of hydrogen-bond acceptors (Lipinski definition) is 3. The van der Waals surface area contributed by atoms with Gasteiger partial charge in [0, 0.05) is 25.5 Å². The van der Waals surface area contributed by atoms with Crippen LogP contribution in [0.3, 0.4) is 0 Å². The Morgan fingerprint density at radius 1 is 0.958 bits per heavy atom. The molecule has 0 aliphatic carbocycles. The Morgan fingerprint density at radius 2 is 1.71 bits per heavy atom. The van der Waals surface area contributed by atoms with Gasteiger partial charge in [-0.2, -0.15) is 5.10 Å². The number of benzene rings is 2. The molecule has 0 radical (unpaired) electrons. The molecule has 0 saturated heterocycles. The van der Waals surface area contributed by atoms with Crippen LogP contribution < -0.4 is 5.73 Å². The van der Waals surface area contributed by atoms with Crippen LogP contribution in [0, 0.1) is 0 Å². The molecule has 4 heteroatoms. The zero-order valence-electron chi connectivity index (χ0n) is 14.1. The fourth-order valence-electron chi connectivity index (χ4n) is 2.91. The van der Waals surface area contributed by atoms with Crippen molar-refractivity contribution in [3.8, 4) is 5.69 Å². The standard InChI is InChI=1S/C20H24N4/c1-23(16-19-5-2-4-17(14-19)10-11-21)15-18-6-8-20(9-7-18)24-13-3-12-22-24/h2-9,12-14H,10-11,15-16,21H2,1H3. The van der Waals surface area contributed by atoms with E-state index in [0.717, 1.165) is 25.2 Å². The Hall–Kier alpha value is -2.43. The van der Waals surface area contributed by atoms with Crippen LogP contribution in [0.2, 0.25) is 0 Å². The maximum absolute atomic E-state index is 5.64. The van der Waals surface area contributed by atoms with Gasteiger partial charge >= 0.3 is 0 Å². The van der Waals surface area contributed by atoms with Crippen molar-refractivity contribution in [1.29, 1.82) is 0 Å². The quantitative estimate of drug-likeness (QED) is 0.728. The van der Waals surface area contributed by atoms with Gasteiger partial charge in [-0.15, -0.1) is 0 Å². The summed E-state index contributed by atoms with van der Waals surface area (Å²) in [6.07, 6.45) is 4.68. The second kappa shape index (κ2) is 7.90. The molecule has 0 amide bonds. The van der Waals surface area contributed by atoms with Crippen molar-refractivity contribution in [3.63, 3.8) is 0 Å². The first kappa shape index (κ1) is 16.4. The van der Waals surface area contributed by atoms with E-state index in [0.29, 0.717) is 6.54 Å². The predicted octanol–water partition coefficient (Wildman–Crippen LogP) is 3.01. The average molecular weight is 320 g/mol. The average Bonchev–Trinajstić information content (AvgIpc) is 3.10. The molecule has 0 fully saturated rings. The molecule has 0 bridgehead atoms. The van der Waals surface area contributed by atoms with Gasteiger partial charge in [0.2, 0.25) is 0 Å². The highest BCUT2D eigenvalue weighted by atomic mass is 15.3. The lowest BCUT2D eigenvalue weighted by Gasteiger charge is -2.17. The van der Waals surface area contributed by atoms with Crippen LogP contribution in [0.5, 0.6) is 0 Å². The van der Waals surface area contributed by atoms with E-state index < -0.39 is 0 Å². The topological polar surface area (TPSA) is 47.1 Å². The first-order valence-corrected chi connectivity index (χ1v) is 8.30. The molecular formula is C20H24N4. The highest BCUT2D eigenvalue weighted by molar-refractivity contribution is 5.33. The van der Waals surface area contributed by atoms with Gasteiger partial charge in [0.15, 0.2) is 0 Å². The Labute approximate surface area is 143 Å². The molecule has 1 aromatic heterocycles. The maximum Gasteiger partial charge on any atom is 0.0645 e. The molecule has 2 N–H and O–H groups in total. The Morgan fingerprint density at radius 3 is 2.42 bits per heavy atom. The van der Waals surface area contributed by atoms with Gasteiger partial charge in [0.25, 0.3) is 0 Å². The highest BCUT2D eigenvalue weighted by Gasteiger charge is 2.04. The van der Waals surface area contributed by atoms with Crippen molar-refractivity contribution in [2.24, 2.45) is 5.73 Å². The zero-order chi connectivity index (χ0) is 16.8. The summed E-state index contributed by atoms with van der Waals surface area (Å²) < 4.78 is 1.87. The lowest BCUT2D eigenvalue weighted by atomic mass is 10.1. The number of aromatic nitrogens is 2. The van der Waals surface area contributed by atoms with Gasteiger partial charge in [-0.05, 0) is 54.9 Å². The van der Waals surface area contributed by atoms with Crippen LogP contribution in [-0.4, -0.2) is 28.3 Å². The van der Waals surface area contributed by atoms with Gasteiger partial charge in [-0.3, -0.25) is 4.90 Å². The molecule has 0 unspecified atom stereocenters. The van der Waals surface area contributed by atoms with Crippen LogP contribution in [-0.2, 0) is 19.5 Å². The summed E-state index contributed by atoms with van der Waals surface area (Å²) in [6.45, 7) is 2.54. The minimum Gasteiger partial charge on any atom is -0.330 e. The van der Waals surface area contributed by atoms with Crippen molar-refractivity contribution in [2.45, 2.75) is 19.5 Å². The second-order valence-electron chi connectivity index (χ2n) is 6.15. The number of hydrogen-bond donors (Lipinski definition) is 1. The minimum atomic E-state index is 0.696. The molecule has 124 valence electrons. The maximum atomic E-state index is 5.64. The van der Waals surface area contributed by atoms with Crippen LogP contribution in [0.25, 0.3) is 5.69 Å². The SMILES string of the molecule is CN(Cc1ccc(-n2cccn2)cc1)Cc1cccc(CCN)c1. The smallest absolute Gasteiger partial charge is 0.0645 e. The molecule has 24 heavy (non-hydrogen) atoms. The Kier molecular flexibility index (Phi) is 5.41. The summed E-state index contributed by atoms with van der Waals surface area (Å²) in [7, 11) is 2.15. The summed E-state index contributed by atoms with van der Waals surface area (Å²) in [6, 6.07) is 19.2. The van der Waals surface area contributed by atoms with Gasteiger partial charge in [0.1, 0.15) is 0 Å². The predicted molar refractivity (Wildman–Crippen MR) is 97.9 cm³/mol. The largest absolute Gasteiger partial charge is 0.330 e. The third-order valence-corrected chi connectivity index (χ3v) is 4.03. The Bertz CT molecular complexity index is 748. The molecule has 3 rings (SSSR count). The third kappa shape index (κ3) is 4.31. The first-order chi connectivity index (χ1) is 11.7. The molecule has 0 saturated carbocycles. The van der Waals surface area contributed by atoms with E-state index in [1.165, 1.54) is 16.7 Å². The molecule has 0 aliphatic rings. The summed E-state index contributed by atoms with van der Waals surface area (Å²) in [4.78, 5) is 2.32. The van der Waals surface area contributed by atoms with Crippen LogP contribution in [0.15, 0.2) is 67.0 Å². The molecule has 0 atom stereocenters. The molecule has 0 spiro atoms. The van der Waals surface area contributed by atoms with E-state index >= 15 is 0 Å². The number of nitrogens with two attached hydrogens (primary N) is 1. The molecule has 4 nitrogen and oxygen atoms in total. The second-order valence-corrected chi connectivity index (χ2v) is 6.15. The fraction of sp³-hybridized carbons (Fsp3) is 0.250. The van der Waals surface area contributed by atoms with Crippen molar-refractivity contribution in [2.75, 3.05) is 13.6 Å². The van der Waals surface area contributed by atoms with Gasteiger partial charge in [0.05, 0.1) is 5.69 Å². The highest BCUT2D eigenvalue weighted by Crippen LogP contribution is 2.13. The third-order valence-electron chi connectivity index (χ3n) is 4.03. The van der Waals surface area contributed by atoms with E-state index in [9.17, 15) is 0 Å². The van der Waals surface area contributed by atoms with Crippen LogP contribution >= 0.6 is 0 Å². The molecule has 3 aromatic rings. The van der Waals surface area contributed by atoms with Crippen molar-refractivity contribution in [3.05, 3.63) is 83.7 Å². The Balaban J connectivity index is 1.60. The number of rotatable bonds is 7. The molecule has 0 aliphatic heterocycles. The van der Waals surface area contributed by atoms with Crippen LogP contribution in [0.1, 0.15) is 16.7 Å². The van der Waals surface area contributed by atoms with Crippen molar-refractivity contribution < 1.29 is 0 Å². The van der Waals surface area contributed by atoms with Crippen LogP contribution in [0.4, 0.5) is 0 Å². The van der Waals surface area contributed by atoms with E-state index in [-0.39, 0.29) is 0 Å². The molecule has 2 aromatic carbocycles.